The van der Waals surface area contributed by atoms with Crippen LogP contribution in [0.25, 0.3) is 0 Å². The Morgan fingerprint density at radius 2 is 1.95 bits per heavy atom. The Hall–Kier alpha value is -0.180. The Labute approximate surface area is 143 Å². The molecular weight excluding hydrogens is 387 g/mol. The van der Waals surface area contributed by atoms with Gasteiger partial charge in [-0.05, 0) is 27.7 Å². The van der Waals surface area contributed by atoms with Crippen molar-refractivity contribution in [3.63, 3.8) is 0 Å². The average molecular weight is 414 g/mol. The quantitative estimate of drug-likeness (QED) is 0.416. The van der Waals surface area contributed by atoms with Crippen LogP contribution in [0.15, 0.2) is 4.99 Å². The largest absolute Gasteiger partial charge is 0.357 e. The van der Waals surface area contributed by atoms with Gasteiger partial charge in [0.25, 0.3) is 0 Å². The molecule has 1 fully saturated rings. The third kappa shape index (κ3) is 7.01. The summed E-state index contributed by atoms with van der Waals surface area (Å²) in [4.78, 5) is 18.2. The van der Waals surface area contributed by atoms with E-state index in [0.29, 0.717) is 6.54 Å². The second-order valence-electron chi connectivity index (χ2n) is 5.15. The summed E-state index contributed by atoms with van der Waals surface area (Å²) in [6.07, 6.45) is 0. The Balaban J connectivity index is 0.00000361. The van der Waals surface area contributed by atoms with Gasteiger partial charge in [-0.2, -0.15) is 11.8 Å². The van der Waals surface area contributed by atoms with Crippen molar-refractivity contribution in [3.05, 3.63) is 0 Å². The molecular formula is C13H27IN4OS. The zero-order valence-electron chi connectivity index (χ0n) is 12.9. The van der Waals surface area contributed by atoms with Gasteiger partial charge in [-0.3, -0.25) is 4.79 Å². The first-order valence-electron chi connectivity index (χ1n) is 6.92. The molecule has 0 aromatic rings. The SMILES string of the molecule is CCNC(=O)CN=C(NCC)N1CCSC(C)(C)C1.I. The van der Waals surface area contributed by atoms with E-state index in [1.807, 2.05) is 25.6 Å². The molecule has 1 saturated heterocycles. The molecule has 1 aliphatic heterocycles. The van der Waals surface area contributed by atoms with E-state index in [4.69, 9.17) is 0 Å². The van der Waals surface area contributed by atoms with E-state index in [-0.39, 0.29) is 41.2 Å². The Morgan fingerprint density at radius 1 is 1.30 bits per heavy atom. The minimum atomic E-state index is -0.0245. The number of carbonyl (C=O) groups is 1. The fourth-order valence-electron chi connectivity index (χ4n) is 2.02. The van der Waals surface area contributed by atoms with Gasteiger partial charge in [-0.25, -0.2) is 4.99 Å². The minimum Gasteiger partial charge on any atom is -0.357 e. The summed E-state index contributed by atoms with van der Waals surface area (Å²) >= 11 is 1.99. The third-order valence-electron chi connectivity index (χ3n) is 2.81. The number of thioether (sulfide) groups is 1. The molecule has 1 amide bonds. The number of hydrogen-bond acceptors (Lipinski definition) is 3. The summed E-state index contributed by atoms with van der Waals surface area (Å²) in [6.45, 7) is 12.1. The normalized spacial score (nSPS) is 18.2. The Kier molecular flexibility index (Phi) is 9.61. The highest BCUT2D eigenvalue weighted by molar-refractivity contribution is 14.0. The maximum absolute atomic E-state index is 11.5. The summed E-state index contributed by atoms with van der Waals surface area (Å²) in [5.41, 5.74) is 0. The average Bonchev–Trinajstić information content (AvgIpc) is 2.33. The monoisotopic (exact) mass is 414 g/mol. The molecule has 1 rings (SSSR count). The smallest absolute Gasteiger partial charge is 0.241 e. The molecule has 0 aromatic heterocycles. The van der Waals surface area contributed by atoms with Gasteiger partial charge in [-0.1, -0.05) is 0 Å². The van der Waals surface area contributed by atoms with Gasteiger partial charge in [0, 0.05) is 36.7 Å². The van der Waals surface area contributed by atoms with Crippen LogP contribution in [0.5, 0.6) is 0 Å². The highest BCUT2D eigenvalue weighted by atomic mass is 127. The summed E-state index contributed by atoms with van der Waals surface area (Å²) in [7, 11) is 0. The Morgan fingerprint density at radius 3 is 2.50 bits per heavy atom. The first kappa shape index (κ1) is 19.8. The van der Waals surface area contributed by atoms with Crippen molar-refractivity contribution in [2.24, 2.45) is 4.99 Å². The van der Waals surface area contributed by atoms with Crippen LogP contribution in [0.4, 0.5) is 0 Å². The van der Waals surface area contributed by atoms with Crippen LogP contribution in [0.2, 0.25) is 0 Å². The first-order valence-corrected chi connectivity index (χ1v) is 7.91. The Bertz CT molecular complexity index is 336. The van der Waals surface area contributed by atoms with Crippen molar-refractivity contribution in [1.82, 2.24) is 15.5 Å². The number of amides is 1. The standard InChI is InChI=1S/C13H26N4OS.HI/c1-5-14-11(18)9-16-12(15-6-2)17-7-8-19-13(3,4)10-17;/h5-10H2,1-4H3,(H,14,18)(H,15,16);1H. The molecule has 0 radical (unpaired) electrons. The molecule has 0 spiro atoms. The number of likely N-dealkylation sites (N-methyl/N-ethyl adjacent to an activating group) is 1. The van der Waals surface area contributed by atoms with E-state index in [9.17, 15) is 4.79 Å². The van der Waals surface area contributed by atoms with Crippen molar-refractivity contribution < 1.29 is 4.79 Å². The zero-order valence-corrected chi connectivity index (χ0v) is 16.0. The molecule has 0 aromatic carbocycles. The van der Waals surface area contributed by atoms with E-state index >= 15 is 0 Å². The van der Waals surface area contributed by atoms with Crippen LogP contribution in [0.3, 0.4) is 0 Å². The van der Waals surface area contributed by atoms with Gasteiger partial charge in [0.1, 0.15) is 6.54 Å². The molecule has 20 heavy (non-hydrogen) atoms. The van der Waals surface area contributed by atoms with Crippen molar-refractivity contribution in [3.8, 4) is 0 Å². The molecule has 5 nitrogen and oxygen atoms in total. The first-order chi connectivity index (χ1) is 8.98. The summed E-state index contributed by atoms with van der Waals surface area (Å²) in [6, 6.07) is 0. The second kappa shape index (κ2) is 9.70. The number of carbonyl (C=O) groups excluding carboxylic acids is 1. The summed E-state index contributed by atoms with van der Waals surface area (Å²) < 4.78 is 0.236. The van der Waals surface area contributed by atoms with E-state index in [0.717, 1.165) is 31.3 Å². The molecule has 0 unspecified atom stereocenters. The van der Waals surface area contributed by atoms with Gasteiger partial charge in [0.15, 0.2) is 5.96 Å². The van der Waals surface area contributed by atoms with Crippen LogP contribution in [-0.2, 0) is 4.79 Å². The number of halogens is 1. The number of nitrogens with zero attached hydrogens (tertiary/aromatic N) is 2. The lowest BCUT2D eigenvalue weighted by Gasteiger charge is -2.39. The molecule has 0 atom stereocenters. The number of aliphatic imine (C=N–C) groups is 1. The van der Waals surface area contributed by atoms with E-state index in [1.165, 1.54) is 0 Å². The van der Waals surface area contributed by atoms with Gasteiger partial charge >= 0.3 is 0 Å². The van der Waals surface area contributed by atoms with Crippen LogP contribution in [0.1, 0.15) is 27.7 Å². The number of guanidine groups is 1. The predicted octanol–water partition coefficient (Wildman–Crippen LogP) is 1.53. The van der Waals surface area contributed by atoms with Gasteiger partial charge < -0.3 is 15.5 Å². The zero-order chi connectivity index (χ0) is 14.3. The molecule has 0 bridgehead atoms. The van der Waals surface area contributed by atoms with Crippen LogP contribution < -0.4 is 10.6 Å². The van der Waals surface area contributed by atoms with E-state index < -0.39 is 0 Å². The third-order valence-corrected chi connectivity index (χ3v) is 4.10. The van der Waals surface area contributed by atoms with Gasteiger partial charge in [0.05, 0.1) is 0 Å². The number of rotatable bonds is 4. The topological polar surface area (TPSA) is 56.7 Å². The molecule has 1 aliphatic rings. The lowest BCUT2D eigenvalue weighted by molar-refractivity contribution is -0.119. The van der Waals surface area contributed by atoms with Crippen molar-refractivity contribution in [1.29, 1.82) is 0 Å². The van der Waals surface area contributed by atoms with Crippen molar-refractivity contribution >= 4 is 47.6 Å². The highest BCUT2D eigenvalue weighted by Gasteiger charge is 2.28. The van der Waals surface area contributed by atoms with Crippen LogP contribution in [0, 0.1) is 0 Å². The van der Waals surface area contributed by atoms with Gasteiger partial charge in [-0.15, -0.1) is 24.0 Å². The van der Waals surface area contributed by atoms with E-state index in [2.05, 4.69) is 34.4 Å². The van der Waals surface area contributed by atoms with Crippen LogP contribution >= 0.6 is 35.7 Å². The second-order valence-corrected chi connectivity index (χ2v) is 6.96. The molecule has 0 saturated carbocycles. The predicted molar refractivity (Wildman–Crippen MR) is 98.2 cm³/mol. The van der Waals surface area contributed by atoms with Crippen molar-refractivity contribution in [2.45, 2.75) is 32.4 Å². The fourth-order valence-corrected chi connectivity index (χ4v) is 3.13. The maximum Gasteiger partial charge on any atom is 0.241 e. The maximum atomic E-state index is 11.5. The van der Waals surface area contributed by atoms with Crippen molar-refractivity contribution in [2.75, 3.05) is 38.5 Å². The molecule has 7 heteroatoms. The molecule has 118 valence electrons. The fraction of sp³-hybridized carbons (Fsp3) is 0.846. The summed E-state index contributed by atoms with van der Waals surface area (Å²) in [5.74, 6) is 1.92. The van der Waals surface area contributed by atoms with E-state index in [1.54, 1.807) is 0 Å². The number of nitrogens with one attached hydrogen (secondary N) is 2. The summed E-state index contributed by atoms with van der Waals surface area (Å²) in [5, 5.41) is 6.04. The lowest BCUT2D eigenvalue weighted by atomic mass is 10.2. The van der Waals surface area contributed by atoms with Crippen LogP contribution in [-0.4, -0.2) is 60.0 Å². The molecule has 1 heterocycles. The molecule has 2 N–H and O–H groups in total. The molecule has 0 aliphatic carbocycles. The lowest BCUT2D eigenvalue weighted by Crippen LogP contribution is -2.51. The van der Waals surface area contributed by atoms with Gasteiger partial charge in [0.2, 0.25) is 5.91 Å². The highest BCUT2D eigenvalue weighted by Crippen LogP contribution is 2.29. The minimum absolute atomic E-state index is 0. The number of hydrogen-bond donors (Lipinski definition) is 2.